The number of nitrogens with zero attached hydrogens (tertiary/aromatic N) is 1. The van der Waals surface area contributed by atoms with Gasteiger partial charge in [0.1, 0.15) is 0 Å². The third kappa shape index (κ3) is 4.66. The fraction of sp³-hybridized carbons (Fsp3) is 0.467. The van der Waals surface area contributed by atoms with E-state index in [1.165, 1.54) is 4.90 Å². The minimum Gasteiger partial charge on any atom is -0.452 e. The summed E-state index contributed by atoms with van der Waals surface area (Å²) < 4.78 is 10.0. The Bertz CT molecular complexity index is 471. The number of carbonyl (C=O) groups is 2. The van der Waals surface area contributed by atoms with E-state index in [-0.39, 0.29) is 18.6 Å². The van der Waals surface area contributed by atoms with E-state index in [4.69, 9.17) is 9.47 Å². The molecule has 110 valence electrons. The summed E-state index contributed by atoms with van der Waals surface area (Å²) in [5.41, 5.74) is 1.30. The second kappa shape index (κ2) is 7.65. The molecule has 0 aliphatic heterocycles. The number of esters is 1. The van der Waals surface area contributed by atoms with Gasteiger partial charge in [-0.25, -0.2) is 4.79 Å². The average molecular weight is 279 g/mol. The van der Waals surface area contributed by atoms with Gasteiger partial charge in [-0.15, -0.1) is 0 Å². The van der Waals surface area contributed by atoms with Gasteiger partial charge in [-0.3, -0.25) is 4.79 Å². The van der Waals surface area contributed by atoms with Gasteiger partial charge in [-0.1, -0.05) is 12.1 Å². The van der Waals surface area contributed by atoms with Crippen molar-refractivity contribution in [3.8, 4) is 0 Å². The monoisotopic (exact) mass is 279 g/mol. The van der Waals surface area contributed by atoms with E-state index >= 15 is 0 Å². The summed E-state index contributed by atoms with van der Waals surface area (Å²) in [5, 5.41) is 0. The number of hydrogen-bond acceptors (Lipinski definition) is 4. The van der Waals surface area contributed by atoms with Crippen molar-refractivity contribution in [3.63, 3.8) is 0 Å². The van der Waals surface area contributed by atoms with Gasteiger partial charge < -0.3 is 14.4 Å². The second-order valence-electron chi connectivity index (χ2n) is 4.81. The number of rotatable bonds is 6. The fourth-order valence-corrected chi connectivity index (χ4v) is 1.56. The Morgan fingerprint density at radius 3 is 2.60 bits per heavy atom. The SMILES string of the molecule is COCc1cccc(C(=O)OCC(=O)N(C)C(C)C)c1. The van der Waals surface area contributed by atoms with Crippen LogP contribution in [0.25, 0.3) is 0 Å². The summed E-state index contributed by atoms with van der Waals surface area (Å²) in [5.74, 6) is -0.727. The molecule has 20 heavy (non-hydrogen) atoms. The predicted molar refractivity (Wildman–Crippen MR) is 75.3 cm³/mol. The maximum Gasteiger partial charge on any atom is 0.338 e. The summed E-state index contributed by atoms with van der Waals surface area (Å²) in [6.45, 7) is 3.97. The van der Waals surface area contributed by atoms with Crippen LogP contribution >= 0.6 is 0 Å². The van der Waals surface area contributed by atoms with Crippen LogP contribution in [0.4, 0.5) is 0 Å². The molecule has 0 aromatic heterocycles. The van der Waals surface area contributed by atoms with E-state index < -0.39 is 5.97 Å². The van der Waals surface area contributed by atoms with Crippen molar-refractivity contribution in [2.45, 2.75) is 26.5 Å². The number of carbonyl (C=O) groups excluding carboxylic acids is 2. The van der Waals surface area contributed by atoms with Crippen LogP contribution in [-0.2, 0) is 20.9 Å². The molecule has 0 aliphatic rings. The second-order valence-corrected chi connectivity index (χ2v) is 4.81. The highest BCUT2D eigenvalue weighted by atomic mass is 16.5. The normalized spacial score (nSPS) is 10.4. The van der Waals surface area contributed by atoms with Gasteiger partial charge in [0, 0.05) is 20.2 Å². The van der Waals surface area contributed by atoms with Crippen LogP contribution in [0.2, 0.25) is 0 Å². The standard InChI is InChI=1S/C15H21NO4/c1-11(2)16(3)14(17)10-20-15(18)13-7-5-6-12(8-13)9-19-4/h5-8,11H,9-10H2,1-4H3. The quantitative estimate of drug-likeness (QED) is 0.746. The van der Waals surface area contributed by atoms with Crippen molar-refractivity contribution in [1.82, 2.24) is 4.90 Å². The maximum absolute atomic E-state index is 11.9. The molecule has 0 bridgehead atoms. The molecule has 0 aliphatic carbocycles. The van der Waals surface area contributed by atoms with Crippen LogP contribution < -0.4 is 0 Å². The third-order valence-corrected chi connectivity index (χ3v) is 2.97. The molecule has 0 radical (unpaired) electrons. The van der Waals surface area contributed by atoms with Gasteiger partial charge in [0.15, 0.2) is 6.61 Å². The zero-order valence-electron chi connectivity index (χ0n) is 12.4. The van der Waals surface area contributed by atoms with Crippen molar-refractivity contribution >= 4 is 11.9 Å². The highest BCUT2D eigenvalue weighted by molar-refractivity contribution is 5.91. The Kier molecular flexibility index (Phi) is 6.18. The van der Waals surface area contributed by atoms with Gasteiger partial charge in [-0.05, 0) is 31.5 Å². The summed E-state index contributed by atoms with van der Waals surface area (Å²) >= 11 is 0. The first-order chi connectivity index (χ1) is 9.45. The molecule has 5 heteroatoms. The van der Waals surface area contributed by atoms with Crippen molar-refractivity contribution in [1.29, 1.82) is 0 Å². The zero-order chi connectivity index (χ0) is 15.1. The molecular formula is C15H21NO4. The molecule has 0 atom stereocenters. The minimum atomic E-state index is -0.506. The van der Waals surface area contributed by atoms with Gasteiger partial charge >= 0.3 is 5.97 Å². The van der Waals surface area contributed by atoms with Gasteiger partial charge in [0.05, 0.1) is 12.2 Å². The summed E-state index contributed by atoms with van der Waals surface area (Å²) in [4.78, 5) is 25.1. The first-order valence-corrected chi connectivity index (χ1v) is 6.46. The molecule has 1 rings (SSSR count). The molecule has 0 N–H and O–H groups in total. The Morgan fingerprint density at radius 2 is 2.00 bits per heavy atom. The third-order valence-electron chi connectivity index (χ3n) is 2.97. The number of hydrogen-bond donors (Lipinski definition) is 0. The molecule has 1 amide bonds. The van der Waals surface area contributed by atoms with E-state index in [0.717, 1.165) is 5.56 Å². The zero-order valence-corrected chi connectivity index (χ0v) is 12.4. The van der Waals surface area contributed by atoms with E-state index in [2.05, 4.69) is 0 Å². The lowest BCUT2D eigenvalue weighted by molar-refractivity contribution is -0.134. The highest BCUT2D eigenvalue weighted by Gasteiger charge is 2.15. The van der Waals surface area contributed by atoms with Gasteiger partial charge in [0.2, 0.25) is 0 Å². The molecule has 0 saturated carbocycles. The van der Waals surface area contributed by atoms with E-state index in [9.17, 15) is 9.59 Å². The van der Waals surface area contributed by atoms with Gasteiger partial charge in [0.25, 0.3) is 5.91 Å². The van der Waals surface area contributed by atoms with Crippen molar-refractivity contribution in [2.24, 2.45) is 0 Å². The Morgan fingerprint density at radius 1 is 1.30 bits per heavy atom. The van der Waals surface area contributed by atoms with Crippen LogP contribution in [0.15, 0.2) is 24.3 Å². The summed E-state index contributed by atoms with van der Waals surface area (Å²) in [6.07, 6.45) is 0. The molecule has 5 nitrogen and oxygen atoms in total. The van der Waals surface area contributed by atoms with Gasteiger partial charge in [-0.2, -0.15) is 0 Å². The smallest absolute Gasteiger partial charge is 0.338 e. The fourth-order valence-electron chi connectivity index (χ4n) is 1.56. The van der Waals surface area contributed by atoms with E-state index in [1.807, 2.05) is 19.9 Å². The van der Waals surface area contributed by atoms with E-state index in [0.29, 0.717) is 12.2 Å². The largest absolute Gasteiger partial charge is 0.452 e. The van der Waals surface area contributed by atoms with Crippen LogP contribution in [0.1, 0.15) is 29.8 Å². The molecule has 0 unspecified atom stereocenters. The van der Waals surface area contributed by atoms with Crippen molar-refractivity contribution in [2.75, 3.05) is 20.8 Å². The molecule has 0 spiro atoms. The Labute approximate surface area is 119 Å². The Balaban J connectivity index is 2.59. The topological polar surface area (TPSA) is 55.8 Å². The molecule has 1 aromatic carbocycles. The highest BCUT2D eigenvalue weighted by Crippen LogP contribution is 2.08. The molecular weight excluding hydrogens is 258 g/mol. The first kappa shape index (κ1) is 16.2. The van der Waals surface area contributed by atoms with Crippen molar-refractivity contribution in [3.05, 3.63) is 35.4 Å². The molecule has 0 saturated heterocycles. The summed E-state index contributed by atoms with van der Waals surface area (Å²) in [6, 6.07) is 7.04. The number of likely N-dealkylation sites (N-methyl/N-ethyl adjacent to an activating group) is 1. The molecule has 0 heterocycles. The predicted octanol–water partition coefficient (Wildman–Crippen LogP) is 1.86. The average Bonchev–Trinajstić information content (AvgIpc) is 2.44. The number of amides is 1. The van der Waals surface area contributed by atoms with E-state index in [1.54, 1.807) is 32.4 Å². The lowest BCUT2D eigenvalue weighted by Gasteiger charge is -2.21. The van der Waals surface area contributed by atoms with Crippen molar-refractivity contribution < 1.29 is 19.1 Å². The number of ether oxygens (including phenoxy) is 2. The van der Waals surface area contributed by atoms with Crippen LogP contribution in [0, 0.1) is 0 Å². The number of methoxy groups -OCH3 is 1. The van der Waals surface area contributed by atoms with Crippen LogP contribution in [-0.4, -0.2) is 43.6 Å². The maximum atomic E-state index is 11.9. The lowest BCUT2D eigenvalue weighted by Crippen LogP contribution is -2.36. The Hall–Kier alpha value is -1.88. The molecule has 0 fully saturated rings. The van der Waals surface area contributed by atoms with Crippen LogP contribution in [0.5, 0.6) is 0 Å². The summed E-state index contributed by atoms with van der Waals surface area (Å²) in [7, 11) is 3.27. The lowest BCUT2D eigenvalue weighted by atomic mass is 10.1. The molecule has 1 aromatic rings. The number of benzene rings is 1. The van der Waals surface area contributed by atoms with Crippen LogP contribution in [0.3, 0.4) is 0 Å². The minimum absolute atomic E-state index is 0.0752. The first-order valence-electron chi connectivity index (χ1n) is 6.46.